The van der Waals surface area contributed by atoms with Gasteiger partial charge in [-0.15, -0.1) is 0 Å². The van der Waals surface area contributed by atoms with Crippen LogP contribution >= 0.6 is 11.6 Å². The fourth-order valence-corrected chi connectivity index (χ4v) is 3.33. The Hall–Kier alpha value is -2.01. The monoisotopic (exact) mass is 411 g/mol. The maximum absolute atomic E-state index is 11.3. The summed E-state index contributed by atoms with van der Waals surface area (Å²) in [6.07, 6.45) is 2.27. The van der Waals surface area contributed by atoms with E-state index in [0.29, 0.717) is 36.1 Å². The number of anilines is 1. The highest BCUT2D eigenvalue weighted by molar-refractivity contribution is 6.28. The van der Waals surface area contributed by atoms with Gasteiger partial charge in [0.15, 0.2) is 23.2 Å². The molecule has 10 nitrogen and oxygen atoms in total. The minimum absolute atomic E-state index is 0.0965. The fourth-order valence-electron chi connectivity index (χ4n) is 3.16. The van der Waals surface area contributed by atoms with Gasteiger partial charge in [-0.1, -0.05) is 0 Å². The van der Waals surface area contributed by atoms with E-state index in [4.69, 9.17) is 25.8 Å². The van der Waals surface area contributed by atoms with E-state index in [9.17, 15) is 9.90 Å². The van der Waals surface area contributed by atoms with Crippen molar-refractivity contribution in [1.82, 2.24) is 19.5 Å². The van der Waals surface area contributed by atoms with Crippen molar-refractivity contribution in [3.05, 3.63) is 11.6 Å². The Kier molecular flexibility index (Phi) is 5.63. The van der Waals surface area contributed by atoms with Gasteiger partial charge in [0.1, 0.15) is 12.7 Å². The van der Waals surface area contributed by atoms with Crippen molar-refractivity contribution < 1.29 is 24.1 Å². The van der Waals surface area contributed by atoms with Gasteiger partial charge in [0.2, 0.25) is 5.28 Å². The van der Waals surface area contributed by atoms with Crippen LogP contribution < -0.4 is 5.32 Å². The van der Waals surface area contributed by atoms with Crippen LogP contribution in [0.1, 0.15) is 32.4 Å². The van der Waals surface area contributed by atoms with Gasteiger partial charge < -0.3 is 24.6 Å². The van der Waals surface area contributed by atoms with Gasteiger partial charge in [-0.3, -0.25) is 4.57 Å². The summed E-state index contributed by atoms with van der Waals surface area (Å²) in [4.78, 5) is 24.2. The first-order valence-corrected chi connectivity index (χ1v) is 9.66. The highest BCUT2D eigenvalue weighted by atomic mass is 35.5. The summed E-state index contributed by atoms with van der Waals surface area (Å²) in [6, 6.07) is 0.383. The van der Waals surface area contributed by atoms with Gasteiger partial charge in [0.05, 0.1) is 25.6 Å². The van der Waals surface area contributed by atoms with Crippen LogP contribution in [0.25, 0.3) is 11.2 Å². The number of imidazole rings is 1. The minimum Gasteiger partial charge on any atom is -0.464 e. The molecule has 3 unspecified atom stereocenters. The smallest absolute Gasteiger partial charge is 0.332 e. The number of carbonyl (C=O) groups is 1. The average molecular weight is 412 g/mol. The van der Waals surface area contributed by atoms with E-state index in [-0.39, 0.29) is 24.6 Å². The lowest BCUT2D eigenvalue weighted by Crippen LogP contribution is -2.21. The van der Waals surface area contributed by atoms with Crippen molar-refractivity contribution in [3.8, 4) is 0 Å². The first kappa shape index (κ1) is 19.3. The Bertz CT molecular complexity index is 858. The van der Waals surface area contributed by atoms with Crippen molar-refractivity contribution in [2.75, 3.05) is 25.1 Å². The Morgan fingerprint density at radius 1 is 1.46 bits per heavy atom. The zero-order valence-corrected chi connectivity index (χ0v) is 16.1. The first-order chi connectivity index (χ1) is 13.5. The van der Waals surface area contributed by atoms with Crippen molar-refractivity contribution in [1.29, 1.82) is 0 Å². The van der Waals surface area contributed by atoms with E-state index in [1.165, 1.54) is 0 Å². The average Bonchev–Trinajstić information content (AvgIpc) is 3.24. The molecule has 1 saturated heterocycles. The third kappa shape index (κ3) is 4.19. The zero-order valence-electron chi connectivity index (χ0n) is 15.4. The van der Waals surface area contributed by atoms with Crippen LogP contribution in [0.2, 0.25) is 5.28 Å². The first-order valence-electron chi connectivity index (χ1n) is 9.28. The molecule has 3 atom stereocenters. The summed E-state index contributed by atoms with van der Waals surface area (Å²) in [7, 11) is 0. The van der Waals surface area contributed by atoms with Crippen LogP contribution in [-0.4, -0.2) is 68.7 Å². The summed E-state index contributed by atoms with van der Waals surface area (Å²) >= 11 is 6.08. The molecule has 0 bridgehead atoms. The predicted octanol–water partition coefficient (Wildman–Crippen LogP) is 1.28. The molecule has 1 aliphatic heterocycles. The third-order valence-electron chi connectivity index (χ3n) is 4.58. The highest BCUT2D eigenvalue weighted by Crippen LogP contribution is 2.33. The molecule has 0 spiro atoms. The second kappa shape index (κ2) is 8.16. The number of halogens is 1. The molecule has 1 aliphatic carbocycles. The van der Waals surface area contributed by atoms with E-state index in [1.807, 2.05) is 0 Å². The molecule has 0 amide bonds. The van der Waals surface area contributed by atoms with Crippen LogP contribution in [0.5, 0.6) is 0 Å². The number of esters is 1. The maximum atomic E-state index is 11.3. The van der Waals surface area contributed by atoms with Gasteiger partial charge in [0, 0.05) is 12.5 Å². The molecule has 152 valence electrons. The number of rotatable bonds is 8. The third-order valence-corrected chi connectivity index (χ3v) is 4.75. The number of nitrogens with zero attached hydrogens (tertiary/aromatic N) is 4. The molecule has 2 aliphatic rings. The number of hydrogen-bond donors (Lipinski definition) is 2. The topological polar surface area (TPSA) is 121 Å². The summed E-state index contributed by atoms with van der Waals surface area (Å²) in [5, 5.41) is 13.9. The number of hydrogen-bond acceptors (Lipinski definition) is 9. The highest BCUT2D eigenvalue weighted by Gasteiger charge is 2.37. The van der Waals surface area contributed by atoms with Gasteiger partial charge in [-0.25, -0.2) is 9.78 Å². The Labute approximate surface area is 166 Å². The molecule has 1 saturated carbocycles. The maximum Gasteiger partial charge on any atom is 0.332 e. The molecule has 0 aromatic carbocycles. The van der Waals surface area contributed by atoms with Crippen molar-refractivity contribution in [2.24, 2.45) is 0 Å². The number of aromatic nitrogens is 4. The number of aliphatic hydroxyl groups excluding tert-OH is 1. The van der Waals surface area contributed by atoms with Gasteiger partial charge >= 0.3 is 5.97 Å². The summed E-state index contributed by atoms with van der Waals surface area (Å²) in [5.74, 6) is 0.151. The lowest BCUT2D eigenvalue weighted by molar-refractivity contribution is -0.150. The number of carbonyl (C=O) groups excluding carboxylic acids is 1. The number of ether oxygens (including phenoxy) is 3. The van der Waals surface area contributed by atoms with Crippen LogP contribution in [-0.2, 0) is 19.0 Å². The van der Waals surface area contributed by atoms with E-state index in [1.54, 1.807) is 17.8 Å². The van der Waals surface area contributed by atoms with Crippen LogP contribution in [0.3, 0.4) is 0 Å². The molecule has 4 rings (SSSR count). The number of fused-ring (bicyclic) bond motifs is 1. The van der Waals surface area contributed by atoms with E-state index >= 15 is 0 Å². The van der Waals surface area contributed by atoms with E-state index in [2.05, 4.69) is 20.3 Å². The number of nitrogens with one attached hydrogen (secondary N) is 1. The van der Waals surface area contributed by atoms with E-state index in [0.717, 1.165) is 12.8 Å². The van der Waals surface area contributed by atoms with Crippen molar-refractivity contribution in [3.63, 3.8) is 0 Å². The molecule has 2 fully saturated rings. The molecule has 2 aromatic rings. The van der Waals surface area contributed by atoms with E-state index < -0.39 is 18.3 Å². The lowest BCUT2D eigenvalue weighted by Gasteiger charge is -2.17. The molecular weight excluding hydrogens is 390 g/mol. The van der Waals surface area contributed by atoms with Crippen molar-refractivity contribution >= 4 is 34.6 Å². The van der Waals surface area contributed by atoms with Crippen molar-refractivity contribution in [2.45, 2.75) is 50.7 Å². The standard InChI is InChI=1S/C17H22ClN5O5/c1-2-27-12(25)7-26-6-10-5-11(24)16(28-10)23-8-19-13-14(20-9-3-4-9)21-17(18)22-15(13)23/h8-11,16,24H,2-7H2,1H3,(H,20,21,22). The molecule has 0 radical (unpaired) electrons. The quantitative estimate of drug-likeness (QED) is 0.488. The van der Waals surface area contributed by atoms with Crippen LogP contribution in [0.15, 0.2) is 6.33 Å². The Balaban J connectivity index is 1.45. The summed E-state index contributed by atoms with van der Waals surface area (Å²) in [6.45, 7) is 2.05. The zero-order chi connectivity index (χ0) is 19.7. The van der Waals surface area contributed by atoms with Gasteiger partial charge in [-0.05, 0) is 31.4 Å². The summed E-state index contributed by atoms with van der Waals surface area (Å²) < 4.78 is 17.7. The second-order valence-electron chi connectivity index (χ2n) is 6.86. The Morgan fingerprint density at radius 2 is 2.29 bits per heavy atom. The summed E-state index contributed by atoms with van der Waals surface area (Å²) in [5.41, 5.74) is 1.06. The molecular formula is C17H22ClN5O5. The lowest BCUT2D eigenvalue weighted by atomic mass is 10.2. The molecule has 3 heterocycles. The largest absolute Gasteiger partial charge is 0.464 e. The van der Waals surface area contributed by atoms with Gasteiger partial charge in [-0.2, -0.15) is 9.97 Å². The SMILES string of the molecule is CCOC(=O)COCC1CC(O)C(n2cnc3c(NC4CC4)nc(Cl)nc32)O1. The molecule has 28 heavy (non-hydrogen) atoms. The number of aliphatic hydroxyl groups is 1. The molecule has 2 N–H and O–H groups in total. The molecule has 11 heteroatoms. The fraction of sp³-hybridized carbons (Fsp3) is 0.647. The molecule has 2 aromatic heterocycles. The van der Waals surface area contributed by atoms with Crippen LogP contribution in [0.4, 0.5) is 5.82 Å². The second-order valence-corrected chi connectivity index (χ2v) is 7.19. The van der Waals surface area contributed by atoms with Crippen LogP contribution in [0, 0.1) is 0 Å². The normalized spacial score (nSPS) is 24.6. The predicted molar refractivity (Wildman–Crippen MR) is 99.0 cm³/mol. The Morgan fingerprint density at radius 3 is 3.04 bits per heavy atom. The minimum atomic E-state index is -0.776. The van der Waals surface area contributed by atoms with Gasteiger partial charge in [0.25, 0.3) is 0 Å².